The maximum absolute atomic E-state index is 6.72. The van der Waals surface area contributed by atoms with Crippen LogP contribution in [0.15, 0.2) is 199 Å². The van der Waals surface area contributed by atoms with E-state index in [0.29, 0.717) is 5.82 Å². The molecule has 0 atom stereocenters. The Morgan fingerprint density at radius 2 is 0.930 bits per heavy atom. The molecule has 4 nitrogen and oxygen atoms in total. The van der Waals surface area contributed by atoms with Gasteiger partial charge in [-0.05, 0) is 64.2 Å². The number of hydrogen-bond acceptors (Lipinski definition) is 4. The summed E-state index contributed by atoms with van der Waals surface area (Å²) in [7, 11) is 0. The highest BCUT2D eigenvalue weighted by Crippen LogP contribution is 2.62. The van der Waals surface area contributed by atoms with Gasteiger partial charge in [0.15, 0.2) is 5.82 Å². The molecule has 1 spiro atoms. The van der Waals surface area contributed by atoms with Crippen LogP contribution in [-0.4, -0.2) is 9.97 Å². The molecule has 3 heterocycles. The van der Waals surface area contributed by atoms with Crippen molar-refractivity contribution in [2.45, 2.75) is 5.41 Å². The molecule has 12 rings (SSSR count). The van der Waals surface area contributed by atoms with Crippen LogP contribution in [0, 0.1) is 0 Å². The molecule has 0 radical (unpaired) electrons. The second-order valence-electron chi connectivity index (χ2n) is 14.8. The number of para-hydroxylation sites is 3. The van der Waals surface area contributed by atoms with Crippen molar-refractivity contribution in [3.63, 3.8) is 0 Å². The number of fused-ring (bicyclic) bond motifs is 12. The van der Waals surface area contributed by atoms with Gasteiger partial charge in [0.05, 0.1) is 16.8 Å². The lowest BCUT2D eigenvalue weighted by molar-refractivity contribution is 0.436. The molecule has 8 aromatic carbocycles. The molecule has 4 heteroatoms. The Balaban J connectivity index is 1.03. The maximum atomic E-state index is 6.72. The minimum atomic E-state index is -0.578. The zero-order chi connectivity index (χ0) is 37.5. The van der Waals surface area contributed by atoms with E-state index >= 15 is 0 Å². The highest BCUT2D eigenvalue weighted by molar-refractivity contribution is 6.09. The molecule has 0 unspecified atom stereocenters. The maximum Gasteiger partial charge on any atom is 0.160 e. The van der Waals surface area contributed by atoms with Gasteiger partial charge in [0.2, 0.25) is 0 Å². The smallest absolute Gasteiger partial charge is 0.160 e. The lowest BCUT2D eigenvalue weighted by Gasteiger charge is -2.39. The van der Waals surface area contributed by atoms with Gasteiger partial charge in [-0.3, -0.25) is 0 Å². The Bertz CT molecular complexity index is 3170. The van der Waals surface area contributed by atoms with Gasteiger partial charge in [0.1, 0.15) is 22.7 Å². The van der Waals surface area contributed by atoms with Crippen LogP contribution in [0.4, 0.5) is 0 Å². The average Bonchev–Trinajstić information content (AvgIpc) is 3.81. The third-order valence-electron chi connectivity index (χ3n) is 11.8. The topological polar surface area (TPSA) is 48.2 Å². The number of nitrogens with zero attached hydrogens (tertiary/aromatic N) is 2. The van der Waals surface area contributed by atoms with Gasteiger partial charge < -0.3 is 9.15 Å². The van der Waals surface area contributed by atoms with Gasteiger partial charge >= 0.3 is 0 Å². The molecule has 10 aromatic rings. The number of aromatic nitrogens is 2. The van der Waals surface area contributed by atoms with Crippen molar-refractivity contribution in [1.29, 1.82) is 0 Å². The lowest BCUT2D eigenvalue weighted by atomic mass is 9.66. The first kappa shape index (κ1) is 31.8. The summed E-state index contributed by atoms with van der Waals surface area (Å²) < 4.78 is 13.1. The Hall–Kier alpha value is -7.56. The summed E-state index contributed by atoms with van der Waals surface area (Å²) in [5.74, 6) is 2.35. The van der Waals surface area contributed by atoms with Crippen LogP contribution in [0.25, 0.3) is 78.1 Å². The fraction of sp³-hybridized carbons (Fsp3) is 0.0189. The summed E-state index contributed by atoms with van der Waals surface area (Å²) in [5, 5.41) is 2.24. The standard InChI is InChI=1S/C53H32N2O2/c1-2-13-34(14-3-1)46-32-47(35-27-25-33(26-28-35)37-18-12-19-41-40-17-6-10-23-48(40)57-51(37)41)55-52(54-46)36-29-30-50-45(31-36)53(44-22-9-11-24-49(44)56-50)42-20-7-4-15-38(42)39-16-5-8-21-43(39)53/h1-32H. The summed E-state index contributed by atoms with van der Waals surface area (Å²) in [6.07, 6.45) is 0. The van der Waals surface area contributed by atoms with Crippen molar-refractivity contribution < 1.29 is 9.15 Å². The van der Waals surface area contributed by atoms with Crippen molar-refractivity contribution >= 4 is 21.9 Å². The van der Waals surface area contributed by atoms with Gasteiger partial charge in [0.25, 0.3) is 0 Å². The van der Waals surface area contributed by atoms with Crippen LogP contribution in [0.1, 0.15) is 22.3 Å². The largest absolute Gasteiger partial charge is 0.457 e. The molecule has 0 amide bonds. The number of benzene rings is 8. The van der Waals surface area contributed by atoms with Crippen molar-refractivity contribution in [3.8, 4) is 67.7 Å². The summed E-state index contributed by atoms with van der Waals surface area (Å²) >= 11 is 0. The minimum absolute atomic E-state index is 0.578. The van der Waals surface area contributed by atoms with Gasteiger partial charge in [0, 0.05) is 44.2 Å². The van der Waals surface area contributed by atoms with Crippen LogP contribution in [0.3, 0.4) is 0 Å². The Kier molecular flexibility index (Phi) is 6.81. The monoisotopic (exact) mass is 728 g/mol. The fourth-order valence-corrected chi connectivity index (χ4v) is 9.27. The SMILES string of the molecule is c1ccc(-c2cc(-c3ccc(-c4cccc5c4oc4ccccc45)cc3)nc(-c3ccc4c(c3)C3(c5ccccc5O4)c4ccccc4-c4ccccc43)n2)cc1. The molecule has 2 aromatic heterocycles. The van der Waals surface area contributed by atoms with E-state index in [2.05, 4.69) is 176 Å². The van der Waals surface area contributed by atoms with Gasteiger partial charge in [-0.2, -0.15) is 0 Å². The summed E-state index contributed by atoms with van der Waals surface area (Å²) in [5.41, 5.74) is 15.2. The van der Waals surface area contributed by atoms with Crippen LogP contribution in [0.5, 0.6) is 11.5 Å². The van der Waals surface area contributed by atoms with E-state index in [1.807, 2.05) is 18.2 Å². The number of rotatable bonds is 4. The van der Waals surface area contributed by atoms with Crippen LogP contribution >= 0.6 is 0 Å². The Labute approximate surface area is 329 Å². The molecule has 0 saturated heterocycles. The van der Waals surface area contributed by atoms with Gasteiger partial charge in [-0.1, -0.05) is 158 Å². The van der Waals surface area contributed by atoms with Crippen molar-refractivity contribution in [2.24, 2.45) is 0 Å². The van der Waals surface area contributed by atoms with E-state index in [9.17, 15) is 0 Å². The van der Waals surface area contributed by atoms with Crippen molar-refractivity contribution in [1.82, 2.24) is 9.97 Å². The molecule has 0 bridgehead atoms. The summed E-state index contributed by atoms with van der Waals surface area (Å²) in [6, 6.07) is 68.1. The number of ether oxygens (including phenoxy) is 1. The van der Waals surface area contributed by atoms with E-state index in [1.165, 1.54) is 22.3 Å². The summed E-state index contributed by atoms with van der Waals surface area (Å²) in [6.45, 7) is 0. The second-order valence-corrected chi connectivity index (χ2v) is 14.8. The van der Waals surface area contributed by atoms with Crippen LogP contribution in [0.2, 0.25) is 0 Å². The third-order valence-corrected chi connectivity index (χ3v) is 11.8. The first-order valence-corrected chi connectivity index (χ1v) is 19.3. The molecule has 2 aliphatic rings. The first-order valence-electron chi connectivity index (χ1n) is 19.3. The normalized spacial score (nSPS) is 13.2. The van der Waals surface area contributed by atoms with Crippen LogP contribution < -0.4 is 4.74 Å². The molecule has 0 saturated carbocycles. The van der Waals surface area contributed by atoms with Crippen molar-refractivity contribution in [2.75, 3.05) is 0 Å². The molecule has 0 N–H and O–H groups in total. The zero-order valence-corrected chi connectivity index (χ0v) is 30.7. The quantitative estimate of drug-likeness (QED) is 0.181. The molecule has 266 valence electrons. The molecular weight excluding hydrogens is 697 g/mol. The van der Waals surface area contributed by atoms with E-state index < -0.39 is 5.41 Å². The van der Waals surface area contributed by atoms with Crippen LogP contribution in [-0.2, 0) is 5.41 Å². The van der Waals surface area contributed by atoms with E-state index in [1.54, 1.807) is 0 Å². The van der Waals surface area contributed by atoms with Crippen molar-refractivity contribution in [3.05, 3.63) is 216 Å². The van der Waals surface area contributed by atoms with E-state index in [0.717, 1.165) is 83.8 Å². The highest BCUT2D eigenvalue weighted by atomic mass is 16.5. The first-order chi connectivity index (χ1) is 28.2. The fourth-order valence-electron chi connectivity index (χ4n) is 9.27. The molecule has 57 heavy (non-hydrogen) atoms. The molecule has 0 fully saturated rings. The van der Waals surface area contributed by atoms with E-state index in [4.69, 9.17) is 19.1 Å². The zero-order valence-electron chi connectivity index (χ0n) is 30.7. The lowest BCUT2D eigenvalue weighted by Crippen LogP contribution is -2.32. The number of hydrogen-bond donors (Lipinski definition) is 0. The van der Waals surface area contributed by atoms with Gasteiger partial charge in [-0.25, -0.2) is 9.97 Å². The molecular formula is C53H32N2O2. The minimum Gasteiger partial charge on any atom is -0.457 e. The second kappa shape index (κ2) is 12.2. The predicted octanol–water partition coefficient (Wildman–Crippen LogP) is 13.5. The van der Waals surface area contributed by atoms with E-state index in [-0.39, 0.29) is 0 Å². The average molecular weight is 729 g/mol. The third kappa shape index (κ3) is 4.68. The Morgan fingerprint density at radius 1 is 0.368 bits per heavy atom. The summed E-state index contributed by atoms with van der Waals surface area (Å²) in [4.78, 5) is 10.6. The highest BCUT2D eigenvalue weighted by Gasteiger charge is 2.51. The predicted molar refractivity (Wildman–Crippen MR) is 228 cm³/mol. The Morgan fingerprint density at radius 3 is 1.70 bits per heavy atom. The number of furan rings is 1. The molecule has 1 aliphatic carbocycles. The molecule has 1 aliphatic heterocycles. The van der Waals surface area contributed by atoms with Gasteiger partial charge in [-0.15, -0.1) is 0 Å².